The second kappa shape index (κ2) is 7.29. The molecule has 0 bridgehead atoms. The Balaban J connectivity index is 1.86. The van der Waals surface area contributed by atoms with E-state index in [4.69, 9.17) is 9.72 Å². The molecule has 1 amide bonds. The molecule has 136 valence electrons. The molecule has 1 fully saturated rings. The number of benzene rings is 1. The number of amides is 1. The van der Waals surface area contributed by atoms with Crippen molar-refractivity contribution in [2.45, 2.75) is 58.2 Å². The number of ether oxygens (including phenoxy) is 1. The van der Waals surface area contributed by atoms with Crippen LogP contribution in [-0.2, 0) is 16.3 Å². The first-order valence-corrected chi connectivity index (χ1v) is 12.9. The van der Waals surface area contributed by atoms with Gasteiger partial charge in [0.15, 0.2) is 0 Å². The summed E-state index contributed by atoms with van der Waals surface area (Å²) in [6.45, 7) is 10.8. The molecule has 2 aromatic rings. The van der Waals surface area contributed by atoms with E-state index in [0.717, 1.165) is 48.9 Å². The number of rotatable bonds is 6. The van der Waals surface area contributed by atoms with E-state index in [1.807, 2.05) is 23.1 Å². The lowest BCUT2D eigenvalue weighted by Gasteiger charge is -2.24. The van der Waals surface area contributed by atoms with Gasteiger partial charge in [-0.25, -0.2) is 4.98 Å². The number of carbonyl (C=O) groups excluding carboxylic acids is 1. The van der Waals surface area contributed by atoms with Gasteiger partial charge in [0.05, 0.1) is 17.1 Å². The molecule has 3 rings (SSSR count). The monoisotopic (exact) mass is 359 g/mol. The molecule has 1 aromatic carbocycles. The van der Waals surface area contributed by atoms with Gasteiger partial charge in [-0.05, 0) is 31.0 Å². The van der Waals surface area contributed by atoms with Gasteiger partial charge in [-0.15, -0.1) is 0 Å². The van der Waals surface area contributed by atoms with Crippen molar-refractivity contribution in [3.8, 4) is 0 Å². The number of hydrogen-bond donors (Lipinski definition) is 0. The second-order valence-corrected chi connectivity index (χ2v) is 13.7. The van der Waals surface area contributed by atoms with Crippen LogP contribution in [0.2, 0.25) is 25.7 Å². The molecule has 0 spiro atoms. The van der Waals surface area contributed by atoms with E-state index in [0.29, 0.717) is 6.73 Å². The zero-order valence-electron chi connectivity index (χ0n) is 15.8. The molecule has 0 unspecified atom stereocenters. The zero-order chi connectivity index (χ0) is 18.0. The number of aromatic nitrogens is 2. The fourth-order valence-electron chi connectivity index (χ4n) is 3.43. The lowest BCUT2D eigenvalue weighted by molar-refractivity contribution is -0.129. The Hall–Kier alpha value is -1.66. The van der Waals surface area contributed by atoms with Crippen LogP contribution < -0.4 is 0 Å². The molecule has 25 heavy (non-hydrogen) atoms. The number of nitrogens with zero attached hydrogens (tertiary/aromatic N) is 3. The van der Waals surface area contributed by atoms with Crippen LogP contribution in [0.15, 0.2) is 24.3 Å². The summed E-state index contributed by atoms with van der Waals surface area (Å²) in [5, 5.41) is 0. The molecule has 1 aliphatic rings. The van der Waals surface area contributed by atoms with Crippen molar-refractivity contribution >= 4 is 25.0 Å². The molecule has 0 saturated carbocycles. The fourth-order valence-corrected chi connectivity index (χ4v) is 4.19. The minimum atomic E-state index is -1.10. The number of imidazole rings is 1. The summed E-state index contributed by atoms with van der Waals surface area (Å²) in [6.07, 6.45) is 2.00. The summed E-state index contributed by atoms with van der Waals surface area (Å²) in [5.74, 6) is 1.09. The fraction of sp³-hybridized carbons (Fsp3) is 0.579. The maximum Gasteiger partial charge on any atom is 0.220 e. The smallest absolute Gasteiger partial charge is 0.220 e. The molecule has 2 heterocycles. The Kier molecular flexibility index (Phi) is 5.29. The first kappa shape index (κ1) is 18.1. The molecule has 5 nitrogen and oxygen atoms in total. The van der Waals surface area contributed by atoms with Crippen LogP contribution in [0.3, 0.4) is 0 Å². The van der Waals surface area contributed by atoms with E-state index in [2.05, 4.69) is 30.3 Å². The summed E-state index contributed by atoms with van der Waals surface area (Å²) in [4.78, 5) is 18.8. The van der Waals surface area contributed by atoms with Crippen molar-refractivity contribution in [1.29, 1.82) is 0 Å². The third-order valence-electron chi connectivity index (χ3n) is 4.86. The summed E-state index contributed by atoms with van der Waals surface area (Å²) >= 11 is 0. The van der Waals surface area contributed by atoms with Crippen molar-refractivity contribution in [2.24, 2.45) is 0 Å². The van der Waals surface area contributed by atoms with Crippen molar-refractivity contribution in [2.75, 3.05) is 13.2 Å². The molecule has 6 heteroatoms. The highest BCUT2D eigenvalue weighted by Crippen LogP contribution is 2.33. The lowest BCUT2D eigenvalue weighted by Crippen LogP contribution is -2.30. The van der Waals surface area contributed by atoms with Gasteiger partial charge in [-0.3, -0.25) is 4.79 Å². The lowest BCUT2D eigenvalue weighted by atomic mass is 10.2. The van der Waals surface area contributed by atoms with Crippen LogP contribution in [0.25, 0.3) is 11.0 Å². The Morgan fingerprint density at radius 2 is 2.08 bits per heavy atom. The third kappa shape index (κ3) is 4.12. The predicted molar refractivity (Wildman–Crippen MR) is 103 cm³/mol. The molecular weight excluding hydrogens is 330 g/mol. The molecule has 1 aliphatic heterocycles. The summed E-state index contributed by atoms with van der Waals surface area (Å²) < 4.78 is 8.17. The number of hydrogen-bond acceptors (Lipinski definition) is 3. The van der Waals surface area contributed by atoms with Crippen molar-refractivity contribution in [3.05, 3.63) is 30.1 Å². The van der Waals surface area contributed by atoms with E-state index >= 15 is 0 Å². The number of para-hydroxylation sites is 2. The van der Waals surface area contributed by atoms with Crippen LogP contribution in [0.5, 0.6) is 0 Å². The number of fused-ring (bicyclic) bond motifs is 1. The highest BCUT2D eigenvalue weighted by molar-refractivity contribution is 6.76. The Morgan fingerprint density at radius 3 is 2.80 bits per heavy atom. The Bertz CT molecular complexity index is 751. The van der Waals surface area contributed by atoms with Crippen LogP contribution in [-0.4, -0.2) is 41.6 Å². The standard InChI is InChI=1S/C19H29N3O2Si/c1-15(23)21-11-7-10-18(21)19-20-16-8-5-6-9-17(16)22(19)14-24-12-13-25(2,3)4/h5-6,8-9,18H,7,10-14H2,1-4H3/t18-/m0/s1. The van der Waals surface area contributed by atoms with Crippen LogP contribution in [0, 0.1) is 0 Å². The third-order valence-corrected chi connectivity index (χ3v) is 6.56. The normalized spacial score (nSPS) is 18.2. The van der Waals surface area contributed by atoms with Gasteiger partial charge < -0.3 is 14.2 Å². The SMILES string of the molecule is CC(=O)N1CCC[C@H]1c1nc2ccccc2n1COCC[Si](C)(C)C. The first-order valence-electron chi connectivity index (χ1n) is 9.17. The van der Waals surface area contributed by atoms with E-state index in [1.165, 1.54) is 0 Å². The second-order valence-electron chi connectivity index (χ2n) is 8.11. The highest BCUT2D eigenvalue weighted by Gasteiger charge is 2.32. The van der Waals surface area contributed by atoms with Crippen LogP contribution >= 0.6 is 0 Å². The zero-order valence-corrected chi connectivity index (χ0v) is 16.8. The maximum atomic E-state index is 12.0. The topological polar surface area (TPSA) is 47.4 Å². The summed E-state index contributed by atoms with van der Waals surface area (Å²) in [7, 11) is -1.10. The van der Waals surface area contributed by atoms with E-state index in [-0.39, 0.29) is 11.9 Å². The van der Waals surface area contributed by atoms with Gasteiger partial charge >= 0.3 is 0 Å². The molecule has 1 saturated heterocycles. The number of likely N-dealkylation sites (tertiary alicyclic amines) is 1. The highest BCUT2D eigenvalue weighted by atomic mass is 28.3. The Labute approximate surface area is 151 Å². The van der Waals surface area contributed by atoms with Gasteiger partial charge in [0.25, 0.3) is 0 Å². The van der Waals surface area contributed by atoms with Gasteiger partial charge in [-0.2, -0.15) is 0 Å². The van der Waals surface area contributed by atoms with Crippen LogP contribution in [0.4, 0.5) is 0 Å². The van der Waals surface area contributed by atoms with Gasteiger partial charge in [-0.1, -0.05) is 31.8 Å². The quantitative estimate of drug-likeness (QED) is 0.578. The minimum Gasteiger partial charge on any atom is -0.361 e. The minimum absolute atomic E-state index is 0.0606. The molecule has 1 aromatic heterocycles. The van der Waals surface area contributed by atoms with E-state index in [1.54, 1.807) is 6.92 Å². The van der Waals surface area contributed by atoms with Crippen molar-refractivity contribution in [1.82, 2.24) is 14.5 Å². The molecule has 0 aliphatic carbocycles. The Morgan fingerprint density at radius 1 is 1.32 bits per heavy atom. The van der Waals surface area contributed by atoms with Gasteiger partial charge in [0, 0.05) is 28.1 Å². The van der Waals surface area contributed by atoms with Crippen molar-refractivity contribution in [3.63, 3.8) is 0 Å². The summed E-state index contributed by atoms with van der Waals surface area (Å²) in [6, 6.07) is 9.37. The first-order chi connectivity index (χ1) is 11.9. The average molecular weight is 360 g/mol. The number of carbonyl (C=O) groups is 1. The predicted octanol–water partition coefficient (Wildman–Crippen LogP) is 4.03. The molecule has 1 atom stereocenters. The molecule has 0 N–H and O–H groups in total. The van der Waals surface area contributed by atoms with Crippen molar-refractivity contribution < 1.29 is 9.53 Å². The van der Waals surface area contributed by atoms with E-state index < -0.39 is 8.07 Å². The van der Waals surface area contributed by atoms with Gasteiger partial charge in [0.1, 0.15) is 12.6 Å². The molecule has 0 radical (unpaired) electrons. The summed E-state index contributed by atoms with van der Waals surface area (Å²) in [5.41, 5.74) is 2.06. The van der Waals surface area contributed by atoms with Crippen LogP contribution in [0.1, 0.15) is 31.6 Å². The maximum absolute atomic E-state index is 12.0. The van der Waals surface area contributed by atoms with E-state index in [9.17, 15) is 4.79 Å². The molecular formula is C19H29N3O2Si. The van der Waals surface area contributed by atoms with Gasteiger partial charge in [0.2, 0.25) is 5.91 Å². The average Bonchev–Trinajstić information content (AvgIpc) is 3.15. The largest absolute Gasteiger partial charge is 0.361 e.